The summed E-state index contributed by atoms with van der Waals surface area (Å²) in [6.45, 7) is 9.59. The van der Waals surface area contributed by atoms with Crippen molar-refractivity contribution in [1.82, 2.24) is 0 Å². The zero-order valence-electron chi connectivity index (χ0n) is 11.6. The maximum atomic E-state index is 6.72. The van der Waals surface area contributed by atoms with Crippen molar-refractivity contribution in [3.63, 3.8) is 0 Å². The molecule has 0 aromatic rings. The third-order valence-corrected chi connectivity index (χ3v) is 5.49. The van der Waals surface area contributed by atoms with Crippen molar-refractivity contribution in [2.75, 3.05) is 0 Å². The SMILES string of the molecule is CC1CCC(C2(N)CCC(C)(C)C2)CC1C. The van der Waals surface area contributed by atoms with Crippen LogP contribution in [0.2, 0.25) is 0 Å². The smallest absolute Gasteiger partial charge is 0.0188 e. The standard InChI is InChI=1S/C15H29N/c1-11-5-6-13(9-12(11)2)15(16)8-7-14(3,4)10-15/h11-13H,5-10,16H2,1-4H3. The molecule has 4 unspecified atom stereocenters. The summed E-state index contributed by atoms with van der Waals surface area (Å²) in [6, 6.07) is 0. The Hall–Kier alpha value is -0.0400. The average molecular weight is 223 g/mol. The molecule has 2 saturated carbocycles. The molecule has 0 aromatic heterocycles. The summed E-state index contributed by atoms with van der Waals surface area (Å²) >= 11 is 0. The van der Waals surface area contributed by atoms with Crippen LogP contribution in [0, 0.1) is 23.2 Å². The van der Waals surface area contributed by atoms with E-state index in [0.717, 1.165) is 17.8 Å². The lowest BCUT2D eigenvalue weighted by molar-refractivity contribution is 0.128. The quantitative estimate of drug-likeness (QED) is 0.715. The molecular weight excluding hydrogens is 194 g/mol. The molecule has 0 amide bonds. The van der Waals surface area contributed by atoms with Gasteiger partial charge in [0.2, 0.25) is 0 Å². The van der Waals surface area contributed by atoms with Gasteiger partial charge >= 0.3 is 0 Å². The maximum absolute atomic E-state index is 6.72. The third kappa shape index (κ3) is 2.30. The van der Waals surface area contributed by atoms with Crippen LogP contribution in [0.25, 0.3) is 0 Å². The van der Waals surface area contributed by atoms with Crippen LogP contribution in [0.4, 0.5) is 0 Å². The molecule has 2 fully saturated rings. The minimum atomic E-state index is 0.165. The molecule has 0 heterocycles. The molecule has 2 N–H and O–H groups in total. The van der Waals surface area contributed by atoms with Crippen molar-refractivity contribution in [2.45, 2.75) is 71.8 Å². The van der Waals surface area contributed by atoms with Crippen molar-refractivity contribution in [1.29, 1.82) is 0 Å². The molecule has 1 nitrogen and oxygen atoms in total. The molecule has 2 aliphatic rings. The topological polar surface area (TPSA) is 26.0 Å². The van der Waals surface area contributed by atoms with E-state index >= 15 is 0 Å². The van der Waals surface area contributed by atoms with E-state index in [1.807, 2.05) is 0 Å². The van der Waals surface area contributed by atoms with Crippen LogP contribution in [0.3, 0.4) is 0 Å². The van der Waals surface area contributed by atoms with Crippen molar-refractivity contribution >= 4 is 0 Å². The summed E-state index contributed by atoms with van der Waals surface area (Å²) < 4.78 is 0. The summed E-state index contributed by atoms with van der Waals surface area (Å²) in [5.74, 6) is 2.58. The zero-order chi connectivity index (χ0) is 12.0. The average Bonchev–Trinajstić information content (AvgIpc) is 2.47. The Labute approximate surface area is 101 Å². The van der Waals surface area contributed by atoms with Gasteiger partial charge in [-0.3, -0.25) is 0 Å². The highest BCUT2D eigenvalue weighted by molar-refractivity contribution is 5.02. The van der Waals surface area contributed by atoms with E-state index in [1.54, 1.807) is 0 Å². The number of hydrogen-bond acceptors (Lipinski definition) is 1. The number of hydrogen-bond donors (Lipinski definition) is 1. The molecule has 16 heavy (non-hydrogen) atoms. The lowest BCUT2D eigenvalue weighted by atomic mass is 9.67. The van der Waals surface area contributed by atoms with Gasteiger partial charge in [-0.1, -0.05) is 34.1 Å². The van der Waals surface area contributed by atoms with E-state index < -0.39 is 0 Å². The van der Waals surface area contributed by atoms with Gasteiger partial charge in [0.05, 0.1) is 0 Å². The minimum absolute atomic E-state index is 0.165. The number of rotatable bonds is 1. The molecule has 0 aromatic carbocycles. The summed E-state index contributed by atoms with van der Waals surface area (Å²) in [6.07, 6.45) is 7.96. The lowest BCUT2D eigenvalue weighted by Gasteiger charge is -2.42. The molecule has 0 bridgehead atoms. The predicted octanol–water partition coefficient (Wildman–Crippen LogP) is 3.97. The van der Waals surface area contributed by atoms with E-state index in [1.165, 1.54) is 38.5 Å². The molecule has 0 saturated heterocycles. The van der Waals surface area contributed by atoms with E-state index in [-0.39, 0.29) is 5.54 Å². The molecular formula is C15H29N. The van der Waals surface area contributed by atoms with Gasteiger partial charge in [0.25, 0.3) is 0 Å². The molecule has 0 radical (unpaired) electrons. The fourth-order valence-corrected chi connectivity index (χ4v) is 4.06. The first-order chi connectivity index (χ1) is 7.32. The fraction of sp³-hybridized carbons (Fsp3) is 1.00. The van der Waals surface area contributed by atoms with Crippen LogP contribution >= 0.6 is 0 Å². The highest BCUT2D eigenvalue weighted by Crippen LogP contribution is 2.50. The summed E-state index contributed by atoms with van der Waals surface area (Å²) in [4.78, 5) is 0. The van der Waals surface area contributed by atoms with E-state index in [9.17, 15) is 0 Å². The van der Waals surface area contributed by atoms with Gasteiger partial charge < -0.3 is 5.73 Å². The number of nitrogens with two attached hydrogens (primary N) is 1. The normalized spacial score (nSPS) is 48.2. The first kappa shape index (κ1) is 12.4. The molecule has 4 atom stereocenters. The van der Waals surface area contributed by atoms with Gasteiger partial charge in [-0.2, -0.15) is 0 Å². The van der Waals surface area contributed by atoms with Gasteiger partial charge in [-0.15, -0.1) is 0 Å². The van der Waals surface area contributed by atoms with Crippen LogP contribution < -0.4 is 5.73 Å². The Morgan fingerprint density at radius 2 is 1.69 bits per heavy atom. The van der Waals surface area contributed by atoms with Crippen LogP contribution in [0.5, 0.6) is 0 Å². The summed E-state index contributed by atoms with van der Waals surface area (Å²) in [5.41, 5.74) is 7.37. The Kier molecular flexibility index (Phi) is 3.11. The second kappa shape index (κ2) is 4.01. The Bertz CT molecular complexity index is 258. The molecule has 0 aliphatic heterocycles. The molecule has 2 rings (SSSR count). The van der Waals surface area contributed by atoms with Gasteiger partial charge in [0, 0.05) is 5.54 Å². The second-order valence-electron chi connectivity index (χ2n) is 7.54. The van der Waals surface area contributed by atoms with Crippen LogP contribution in [-0.2, 0) is 0 Å². The Balaban J connectivity index is 2.03. The van der Waals surface area contributed by atoms with Gasteiger partial charge in [-0.25, -0.2) is 0 Å². The first-order valence-corrected chi connectivity index (χ1v) is 7.11. The summed E-state index contributed by atoms with van der Waals surface area (Å²) in [5, 5.41) is 0. The summed E-state index contributed by atoms with van der Waals surface area (Å²) in [7, 11) is 0. The van der Waals surface area contributed by atoms with Gasteiger partial charge in [0.15, 0.2) is 0 Å². The molecule has 1 heteroatoms. The second-order valence-corrected chi connectivity index (χ2v) is 7.54. The molecule has 0 spiro atoms. The highest BCUT2D eigenvalue weighted by Gasteiger charge is 2.46. The van der Waals surface area contributed by atoms with Crippen molar-refractivity contribution < 1.29 is 0 Å². The van der Waals surface area contributed by atoms with E-state index in [4.69, 9.17) is 5.73 Å². The molecule has 2 aliphatic carbocycles. The van der Waals surface area contributed by atoms with Crippen molar-refractivity contribution in [3.05, 3.63) is 0 Å². The Morgan fingerprint density at radius 1 is 1.00 bits per heavy atom. The van der Waals surface area contributed by atoms with E-state index in [0.29, 0.717) is 5.41 Å². The predicted molar refractivity (Wildman–Crippen MR) is 70.2 cm³/mol. The maximum Gasteiger partial charge on any atom is 0.0188 e. The van der Waals surface area contributed by atoms with Crippen LogP contribution in [-0.4, -0.2) is 5.54 Å². The minimum Gasteiger partial charge on any atom is -0.325 e. The monoisotopic (exact) mass is 223 g/mol. The van der Waals surface area contributed by atoms with E-state index in [2.05, 4.69) is 27.7 Å². The van der Waals surface area contributed by atoms with Crippen LogP contribution in [0.15, 0.2) is 0 Å². The lowest BCUT2D eigenvalue weighted by Crippen LogP contribution is -2.47. The fourth-order valence-electron chi connectivity index (χ4n) is 4.06. The zero-order valence-corrected chi connectivity index (χ0v) is 11.6. The van der Waals surface area contributed by atoms with Gasteiger partial charge in [-0.05, 0) is 55.3 Å². The van der Waals surface area contributed by atoms with Gasteiger partial charge in [0.1, 0.15) is 0 Å². The first-order valence-electron chi connectivity index (χ1n) is 7.11. The largest absolute Gasteiger partial charge is 0.325 e. The Morgan fingerprint density at radius 3 is 2.19 bits per heavy atom. The highest BCUT2D eigenvalue weighted by atomic mass is 14.8. The van der Waals surface area contributed by atoms with Crippen LogP contribution in [0.1, 0.15) is 66.2 Å². The molecule has 94 valence electrons. The van der Waals surface area contributed by atoms with Crippen molar-refractivity contribution in [3.8, 4) is 0 Å². The van der Waals surface area contributed by atoms with Crippen molar-refractivity contribution in [2.24, 2.45) is 28.9 Å². The third-order valence-electron chi connectivity index (χ3n) is 5.49.